The Balaban J connectivity index is 2.18. The zero-order valence-corrected chi connectivity index (χ0v) is 14.5. The van der Waals surface area contributed by atoms with Crippen molar-refractivity contribution in [3.05, 3.63) is 98.6 Å². The summed E-state index contributed by atoms with van der Waals surface area (Å²) in [6, 6.07) is 19.6. The number of benzene rings is 3. The zero-order chi connectivity index (χ0) is 20.1. The minimum atomic E-state index is -1.05. The molecule has 9 heteroatoms. The standard InChI is InChI=1S/C19H15FN4O4/c20-13-14-11-17(23(25)26)19(18(12-14)24(27)28)21-22(15-7-3-1-4-8-15)16-9-5-2-6-10-16/h1-12,21H,13H2. The molecule has 0 aliphatic rings. The Morgan fingerprint density at radius 3 is 1.61 bits per heavy atom. The molecule has 0 atom stereocenters. The summed E-state index contributed by atoms with van der Waals surface area (Å²) in [6.07, 6.45) is 0. The third-order valence-electron chi connectivity index (χ3n) is 3.96. The van der Waals surface area contributed by atoms with Gasteiger partial charge in [0.2, 0.25) is 5.69 Å². The Kier molecular flexibility index (Phi) is 5.45. The normalized spacial score (nSPS) is 10.3. The fourth-order valence-electron chi connectivity index (χ4n) is 2.69. The van der Waals surface area contributed by atoms with Crippen molar-refractivity contribution >= 4 is 28.4 Å². The number of hydrazine groups is 1. The first-order valence-corrected chi connectivity index (χ1v) is 8.20. The van der Waals surface area contributed by atoms with Crippen LogP contribution >= 0.6 is 0 Å². The van der Waals surface area contributed by atoms with Crippen LogP contribution in [0.2, 0.25) is 0 Å². The van der Waals surface area contributed by atoms with Gasteiger partial charge in [0.05, 0.1) is 21.2 Å². The number of nitrogens with zero attached hydrogens (tertiary/aromatic N) is 3. The third kappa shape index (κ3) is 3.88. The molecule has 0 aliphatic heterocycles. The summed E-state index contributed by atoms with van der Waals surface area (Å²) in [6.45, 7) is -1.05. The minimum absolute atomic E-state index is 0.144. The number of alkyl halides is 1. The largest absolute Gasteiger partial charge is 0.301 e. The number of para-hydroxylation sites is 2. The number of hydrogen-bond acceptors (Lipinski definition) is 6. The molecule has 0 radical (unpaired) electrons. The first-order chi connectivity index (χ1) is 13.5. The lowest BCUT2D eigenvalue weighted by molar-refractivity contribution is -0.392. The molecular weight excluding hydrogens is 367 g/mol. The molecule has 0 amide bonds. The van der Waals surface area contributed by atoms with Crippen molar-refractivity contribution in [2.45, 2.75) is 6.67 Å². The van der Waals surface area contributed by atoms with E-state index in [-0.39, 0.29) is 11.3 Å². The van der Waals surface area contributed by atoms with Crippen molar-refractivity contribution < 1.29 is 14.2 Å². The molecular formula is C19H15FN4O4. The molecule has 0 aromatic heterocycles. The number of hydrogen-bond donors (Lipinski definition) is 1. The number of halogens is 1. The van der Waals surface area contributed by atoms with E-state index in [1.54, 1.807) is 60.7 Å². The Labute approximate surface area is 159 Å². The van der Waals surface area contributed by atoms with Gasteiger partial charge in [-0.2, -0.15) is 0 Å². The van der Waals surface area contributed by atoms with E-state index in [1.807, 2.05) is 0 Å². The highest BCUT2D eigenvalue weighted by Gasteiger charge is 2.29. The van der Waals surface area contributed by atoms with E-state index in [1.165, 1.54) is 5.01 Å². The molecule has 1 N–H and O–H groups in total. The van der Waals surface area contributed by atoms with Crippen LogP contribution in [0.1, 0.15) is 5.56 Å². The van der Waals surface area contributed by atoms with Crippen LogP contribution in [0.4, 0.5) is 32.8 Å². The molecule has 142 valence electrons. The van der Waals surface area contributed by atoms with Crippen LogP contribution in [0.25, 0.3) is 0 Å². The smallest absolute Gasteiger partial charge is 0.282 e. The lowest BCUT2D eigenvalue weighted by Gasteiger charge is -2.26. The molecule has 0 aliphatic carbocycles. The van der Waals surface area contributed by atoms with Crippen molar-refractivity contribution in [3.63, 3.8) is 0 Å². The average molecular weight is 382 g/mol. The summed E-state index contributed by atoms with van der Waals surface area (Å²) in [5, 5.41) is 24.5. The van der Waals surface area contributed by atoms with Crippen molar-refractivity contribution in [1.29, 1.82) is 0 Å². The van der Waals surface area contributed by atoms with Crippen molar-refractivity contribution in [1.82, 2.24) is 0 Å². The summed E-state index contributed by atoms with van der Waals surface area (Å²) < 4.78 is 13.1. The maximum atomic E-state index is 13.1. The second kappa shape index (κ2) is 8.12. The fraction of sp³-hybridized carbons (Fsp3) is 0.0526. The van der Waals surface area contributed by atoms with Gasteiger partial charge in [-0.1, -0.05) is 36.4 Å². The Bertz CT molecular complexity index is 925. The first kappa shape index (κ1) is 18.8. The van der Waals surface area contributed by atoms with Crippen molar-refractivity contribution in [2.24, 2.45) is 0 Å². The van der Waals surface area contributed by atoms with E-state index in [9.17, 15) is 24.6 Å². The highest BCUT2D eigenvalue weighted by atomic mass is 19.1. The van der Waals surface area contributed by atoms with Gasteiger partial charge < -0.3 is 0 Å². The molecule has 0 saturated heterocycles. The van der Waals surface area contributed by atoms with Gasteiger partial charge in [-0.25, -0.2) is 4.39 Å². The maximum absolute atomic E-state index is 13.1. The summed E-state index contributed by atoms with van der Waals surface area (Å²) in [5.41, 5.74) is 2.35. The second-order valence-corrected chi connectivity index (χ2v) is 5.78. The molecule has 8 nitrogen and oxygen atoms in total. The van der Waals surface area contributed by atoms with E-state index in [0.29, 0.717) is 11.4 Å². The van der Waals surface area contributed by atoms with Gasteiger partial charge in [0, 0.05) is 12.1 Å². The predicted octanol–water partition coefficient (Wildman–Crippen LogP) is 5.14. The summed E-state index contributed by atoms with van der Waals surface area (Å²) in [4.78, 5) is 21.5. The van der Waals surface area contributed by atoms with E-state index in [2.05, 4.69) is 5.43 Å². The molecule has 0 saturated carbocycles. The summed E-state index contributed by atoms with van der Waals surface area (Å²) >= 11 is 0. The molecule has 28 heavy (non-hydrogen) atoms. The van der Waals surface area contributed by atoms with Gasteiger partial charge in [-0.3, -0.25) is 30.7 Å². The number of rotatable bonds is 7. The van der Waals surface area contributed by atoms with E-state index >= 15 is 0 Å². The van der Waals surface area contributed by atoms with Gasteiger partial charge in [0.15, 0.2) is 0 Å². The van der Waals surface area contributed by atoms with Crippen LogP contribution in [0.15, 0.2) is 72.8 Å². The van der Waals surface area contributed by atoms with Gasteiger partial charge in [-0.15, -0.1) is 0 Å². The van der Waals surface area contributed by atoms with E-state index < -0.39 is 27.9 Å². The quantitative estimate of drug-likeness (QED) is 0.448. The molecule has 0 unspecified atom stereocenters. The highest BCUT2D eigenvalue weighted by Crippen LogP contribution is 2.38. The Morgan fingerprint density at radius 1 is 0.821 bits per heavy atom. The topological polar surface area (TPSA) is 102 Å². The molecule has 0 heterocycles. The van der Waals surface area contributed by atoms with Crippen molar-refractivity contribution in [3.8, 4) is 0 Å². The fourth-order valence-corrected chi connectivity index (χ4v) is 2.69. The maximum Gasteiger partial charge on any atom is 0.301 e. The average Bonchev–Trinajstić information content (AvgIpc) is 2.72. The molecule has 3 rings (SSSR count). The number of nitrogens with one attached hydrogen (secondary N) is 1. The minimum Gasteiger partial charge on any atom is -0.282 e. The number of anilines is 3. The third-order valence-corrected chi connectivity index (χ3v) is 3.96. The molecule has 3 aromatic rings. The van der Waals surface area contributed by atoms with Crippen LogP contribution < -0.4 is 10.4 Å². The van der Waals surface area contributed by atoms with Crippen molar-refractivity contribution in [2.75, 3.05) is 10.4 Å². The van der Waals surface area contributed by atoms with Gasteiger partial charge in [0.1, 0.15) is 6.67 Å². The van der Waals surface area contributed by atoms with Crippen LogP contribution in [0.3, 0.4) is 0 Å². The van der Waals surface area contributed by atoms with Crippen LogP contribution in [-0.4, -0.2) is 9.85 Å². The summed E-state index contributed by atoms with van der Waals surface area (Å²) in [5.74, 6) is 0. The lowest BCUT2D eigenvalue weighted by atomic mass is 10.1. The highest BCUT2D eigenvalue weighted by molar-refractivity contribution is 5.79. The first-order valence-electron chi connectivity index (χ1n) is 8.20. The van der Waals surface area contributed by atoms with Gasteiger partial charge >= 0.3 is 11.4 Å². The molecule has 0 bridgehead atoms. The lowest BCUT2D eigenvalue weighted by Crippen LogP contribution is -2.25. The van der Waals surface area contributed by atoms with Crippen LogP contribution in [0.5, 0.6) is 0 Å². The number of nitro groups is 2. The van der Waals surface area contributed by atoms with Crippen LogP contribution in [0, 0.1) is 20.2 Å². The monoisotopic (exact) mass is 382 g/mol. The SMILES string of the molecule is O=[N+]([O-])c1cc(CF)cc([N+](=O)[O-])c1NN(c1ccccc1)c1ccccc1. The zero-order valence-electron chi connectivity index (χ0n) is 14.5. The van der Waals surface area contributed by atoms with Gasteiger partial charge in [0.25, 0.3) is 0 Å². The van der Waals surface area contributed by atoms with E-state index in [0.717, 1.165) is 12.1 Å². The molecule has 0 spiro atoms. The molecule has 0 fully saturated rings. The Hall–Kier alpha value is -4.01. The van der Waals surface area contributed by atoms with E-state index in [4.69, 9.17) is 0 Å². The predicted molar refractivity (Wildman–Crippen MR) is 103 cm³/mol. The summed E-state index contributed by atoms with van der Waals surface area (Å²) in [7, 11) is 0. The van der Waals surface area contributed by atoms with Gasteiger partial charge in [-0.05, 0) is 29.8 Å². The Morgan fingerprint density at radius 2 is 1.25 bits per heavy atom. The molecule has 3 aromatic carbocycles. The van der Waals surface area contributed by atoms with Crippen LogP contribution in [-0.2, 0) is 6.67 Å². The second-order valence-electron chi connectivity index (χ2n) is 5.78. The number of nitro benzene ring substituents is 2.